The molecule has 0 heterocycles. The highest BCUT2D eigenvalue weighted by molar-refractivity contribution is 5.89. The third kappa shape index (κ3) is 5.41. The molecule has 0 unspecified atom stereocenters. The fourth-order valence-corrected chi connectivity index (χ4v) is 1.97. The molecule has 2 atom stereocenters. The molecule has 1 N–H and O–H groups in total. The van der Waals surface area contributed by atoms with Crippen LogP contribution in [0.4, 0.5) is 0 Å². The molecule has 132 valence electrons. The summed E-state index contributed by atoms with van der Waals surface area (Å²) < 4.78 is 4.78. The quantitative estimate of drug-likeness (QED) is 0.183. The molecule has 0 spiro atoms. The van der Waals surface area contributed by atoms with Gasteiger partial charge in [-0.15, -0.1) is 5.01 Å². The summed E-state index contributed by atoms with van der Waals surface area (Å²) in [6.45, 7) is 2.97. The standard InChI is InChI=1S/C15H21N3O6/c1-4-11(2)13(14(19)20)17(3)18(22)16-24-10-23-15(21)12-8-6-5-7-9-12/h5-9,11,13H,4,10H2,1-3H3,(H,19,20)/b18-16-/t11-,13+/m1/s1. The molecular formula is C15H21N3O6. The second-order valence-corrected chi connectivity index (χ2v) is 5.12. The van der Waals surface area contributed by atoms with Gasteiger partial charge in [-0.1, -0.05) is 38.5 Å². The minimum atomic E-state index is -1.14. The van der Waals surface area contributed by atoms with Crippen molar-refractivity contribution >= 4 is 11.9 Å². The highest BCUT2D eigenvalue weighted by Crippen LogP contribution is 2.14. The van der Waals surface area contributed by atoms with E-state index in [0.29, 0.717) is 12.0 Å². The molecule has 1 aromatic rings. The predicted molar refractivity (Wildman–Crippen MR) is 82.5 cm³/mol. The Hall–Kier alpha value is -2.84. The number of aliphatic carboxylic acids is 1. The lowest BCUT2D eigenvalue weighted by Gasteiger charge is -2.24. The van der Waals surface area contributed by atoms with Gasteiger partial charge in [0.05, 0.1) is 17.6 Å². The molecule has 0 amide bonds. The molecule has 9 heteroatoms. The Kier molecular flexibility index (Phi) is 7.47. The molecule has 1 rings (SSSR count). The molecule has 0 aliphatic heterocycles. The van der Waals surface area contributed by atoms with Crippen molar-refractivity contribution in [1.29, 1.82) is 0 Å². The molecule has 0 fully saturated rings. The van der Waals surface area contributed by atoms with Crippen LogP contribution in [-0.2, 0) is 14.4 Å². The number of carboxylic acids is 1. The van der Waals surface area contributed by atoms with E-state index in [9.17, 15) is 19.9 Å². The van der Waals surface area contributed by atoms with Crippen molar-refractivity contribution in [2.45, 2.75) is 26.3 Å². The van der Waals surface area contributed by atoms with Crippen LogP contribution in [-0.4, -0.2) is 46.9 Å². The summed E-state index contributed by atoms with van der Waals surface area (Å²) in [5.74, 6) is -2.03. The van der Waals surface area contributed by atoms with E-state index < -0.39 is 24.8 Å². The summed E-state index contributed by atoms with van der Waals surface area (Å²) in [7, 11) is 1.29. The van der Waals surface area contributed by atoms with Gasteiger partial charge >= 0.3 is 11.9 Å². The minimum Gasteiger partial charge on any atom is -0.569 e. The number of hydrogen-bond acceptors (Lipinski definition) is 6. The van der Waals surface area contributed by atoms with Gasteiger partial charge in [-0.3, -0.25) is 0 Å². The van der Waals surface area contributed by atoms with Gasteiger partial charge < -0.3 is 19.9 Å². The first-order valence-electron chi connectivity index (χ1n) is 7.36. The fraction of sp³-hybridized carbons (Fsp3) is 0.467. The van der Waals surface area contributed by atoms with E-state index in [0.717, 1.165) is 5.01 Å². The summed E-state index contributed by atoms with van der Waals surface area (Å²) in [5, 5.41) is 25.0. The Morgan fingerprint density at radius 2 is 2.00 bits per heavy atom. The smallest absolute Gasteiger partial charge is 0.341 e. The Labute approximate surface area is 139 Å². The van der Waals surface area contributed by atoms with Crippen LogP contribution in [0.25, 0.3) is 0 Å². The van der Waals surface area contributed by atoms with E-state index in [2.05, 4.69) is 10.1 Å². The maximum Gasteiger partial charge on any atom is 0.341 e. The number of hydrazine groups is 1. The van der Waals surface area contributed by atoms with Crippen LogP contribution in [0, 0.1) is 11.1 Å². The second-order valence-electron chi connectivity index (χ2n) is 5.12. The average Bonchev–Trinajstić information content (AvgIpc) is 2.58. The first-order chi connectivity index (χ1) is 11.4. The molecule has 0 radical (unpaired) electrons. The van der Waals surface area contributed by atoms with Crippen LogP contribution >= 0.6 is 0 Å². The first-order valence-corrected chi connectivity index (χ1v) is 7.36. The highest BCUT2D eigenvalue weighted by Gasteiger charge is 2.33. The fourth-order valence-electron chi connectivity index (χ4n) is 1.97. The molecule has 0 aromatic heterocycles. The Morgan fingerprint density at radius 1 is 1.38 bits per heavy atom. The maximum absolute atomic E-state index is 11.8. The van der Waals surface area contributed by atoms with Crippen molar-refractivity contribution in [3.8, 4) is 0 Å². The zero-order chi connectivity index (χ0) is 18.1. The number of hydrogen-bond donors (Lipinski definition) is 1. The van der Waals surface area contributed by atoms with Crippen LogP contribution in [0.3, 0.4) is 0 Å². The van der Waals surface area contributed by atoms with Crippen LogP contribution < -0.4 is 0 Å². The third-order valence-electron chi connectivity index (χ3n) is 3.49. The normalized spacial score (nSPS) is 13.7. The molecule has 0 aliphatic carbocycles. The molecule has 24 heavy (non-hydrogen) atoms. The lowest BCUT2D eigenvalue weighted by Crippen LogP contribution is -2.46. The van der Waals surface area contributed by atoms with Gasteiger partial charge in [-0.2, -0.15) is 0 Å². The molecule has 1 aromatic carbocycles. The summed E-state index contributed by atoms with van der Waals surface area (Å²) >= 11 is 0. The highest BCUT2D eigenvalue weighted by atomic mass is 16.8. The van der Waals surface area contributed by atoms with Crippen molar-refractivity contribution in [1.82, 2.24) is 5.01 Å². The Bertz CT molecular complexity index is 578. The second kappa shape index (κ2) is 9.33. The number of benzene rings is 1. The molecule has 0 saturated carbocycles. The third-order valence-corrected chi connectivity index (χ3v) is 3.49. The van der Waals surface area contributed by atoms with Crippen molar-refractivity contribution in [2.24, 2.45) is 11.2 Å². The topological polar surface area (TPSA) is 114 Å². The van der Waals surface area contributed by atoms with Crippen LogP contribution in [0.1, 0.15) is 30.6 Å². The molecule has 9 nitrogen and oxygen atoms in total. The summed E-state index contributed by atoms with van der Waals surface area (Å²) in [4.78, 5) is 27.5. The largest absolute Gasteiger partial charge is 0.569 e. The Balaban J connectivity index is 2.54. The summed E-state index contributed by atoms with van der Waals surface area (Å²) in [6.07, 6.45) is 0.574. The number of carboxylic acid groups (broad SMARTS) is 1. The van der Waals surface area contributed by atoms with Crippen LogP contribution in [0.5, 0.6) is 0 Å². The zero-order valence-corrected chi connectivity index (χ0v) is 13.8. The molecule has 0 saturated heterocycles. The minimum absolute atomic E-state index is 0.0152. The Morgan fingerprint density at radius 3 is 2.54 bits per heavy atom. The van der Waals surface area contributed by atoms with E-state index in [1.807, 2.05) is 6.92 Å². The molecule has 0 bridgehead atoms. The lowest BCUT2D eigenvalue weighted by atomic mass is 9.99. The number of ether oxygens (including phenoxy) is 1. The van der Waals surface area contributed by atoms with Gasteiger partial charge in [-0.25, -0.2) is 9.59 Å². The van der Waals surface area contributed by atoms with Gasteiger partial charge in [0.1, 0.15) is 0 Å². The number of carbonyl (C=O) groups excluding carboxylic acids is 1. The van der Waals surface area contributed by atoms with Gasteiger partial charge in [0.15, 0.2) is 6.04 Å². The number of esters is 1. The van der Waals surface area contributed by atoms with Gasteiger partial charge in [0.25, 0.3) is 6.79 Å². The van der Waals surface area contributed by atoms with E-state index >= 15 is 0 Å². The van der Waals surface area contributed by atoms with Crippen LogP contribution in [0.15, 0.2) is 35.6 Å². The van der Waals surface area contributed by atoms with Gasteiger partial charge in [0, 0.05) is 0 Å². The zero-order valence-electron chi connectivity index (χ0n) is 13.8. The van der Waals surface area contributed by atoms with Crippen molar-refractivity contribution in [2.75, 3.05) is 13.8 Å². The predicted octanol–water partition coefficient (Wildman–Crippen LogP) is 2.04. The number of carbonyl (C=O) groups is 2. The molecular weight excluding hydrogens is 318 g/mol. The molecule has 0 aliphatic rings. The van der Waals surface area contributed by atoms with E-state index in [4.69, 9.17) is 4.74 Å². The lowest BCUT2D eigenvalue weighted by molar-refractivity contribution is -0.712. The van der Waals surface area contributed by atoms with E-state index in [1.54, 1.807) is 37.3 Å². The number of nitrogens with zero attached hydrogens (tertiary/aromatic N) is 3. The van der Waals surface area contributed by atoms with Crippen molar-refractivity contribution in [3.05, 3.63) is 41.1 Å². The van der Waals surface area contributed by atoms with E-state index in [-0.39, 0.29) is 10.9 Å². The number of rotatable bonds is 9. The van der Waals surface area contributed by atoms with E-state index in [1.165, 1.54) is 7.05 Å². The van der Waals surface area contributed by atoms with Crippen molar-refractivity contribution in [3.63, 3.8) is 0 Å². The van der Waals surface area contributed by atoms with Crippen LogP contribution in [0.2, 0.25) is 0 Å². The summed E-state index contributed by atoms with van der Waals surface area (Å²) in [6, 6.07) is 7.19. The average molecular weight is 339 g/mol. The monoisotopic (exact) mass is 339 g/mol. The maximum atomic E-state index is 11.8. The van der Waals surface area contributed by atoms with Crippen molar-refractivity contribution < 1.29 is 29.2 Å². The number of likely N-dealkylation sites (N-methyl/N-ethyl adjacent to an activating group) is 1. The summed E-state index contributed by atoms with van der Waals surface area (Å²) in [5.41, 5.74) is 0.333. The SMILES string of the molecule is CC[C@@H](C)[C@@H](C(=O)O)N(C)/[N+]([O-])=N/OCOC(=O)c1ccccc1. The van der Waals surface area contributed by atoms with Gasteiger partial charge in [-0.05, 0) is 18.1 Å². The van der Waals surface area contributed by atoms with Gasteiger partial charge in [0.2, 0.25) is 5.28 Å². The first kappa shape index (κ1) is 19.2.